The van der Waals surface area contributed by atoms with Crippen LogP contribution in [0, 0.1) is 17.2 Å². The first-order chi connectivity index (χ1) is 11.7. The highest BCUT2D eigenvalue weighted by atomic mass is 16.7. The lowest BCUT2D eigenvalue weighted by Crippen LogP contribution is -2.44. The van der Waals surface area contributed by atoms with Crippen molar-refractivity contribution < 1.29 is 9.47 Å². The standard InChI is InChI=1S/C18H20N4O2/c1-12-9-18(23-6-7-24-18)5-4-15(12)22-17-14-8-13(10-19)2-3-16(14)20-11-21-17/h2-3,8,11-12,15H,4-7,9H2,1H3,(H,20,21,22)/t12?,15-/m0/s1. The van der Waals surface area contributed by atoms with Gasteiger partial charge in [-0.3, -0.25) is 0 Å². The van der Waals surface area contributed by atoms with Crippen molar-refractivity contribution in [3.63, 3.8) is 0 Å². The van der Waals surface area contributed by atoms with Crippen LogP contribution in [0.4, 0.5) is 5.82 Å². The molecule has 1 aromatic carbocycles. The zero-order valence-electron chi connectivity index (χ0n) is 13.7. The van der Waals surface area contributed by atoms with Crippen LogP contribution in [-0.4, -0.2) is 35.0 Å². The number of nitriles is 1. The van der Waals surface area contributed by atoms with Gasteiger partial charge in [0.2, 0.25) is 0 Å². The molecule has 6 nitrogen and oxygen atoms in total. The summed E-state index contributed by atoms with van der Waals surface area (Å²) in [7, 11) is 0. The molecule has 6 heteroatoms. The lowest BCUT2D eigenvalue weighted by atomic mass is 9.81. The van der Waals surface area contributed by atoms with Gasteiger partial charge in [-0.25, -0.2) is 9.97 Å². The summed E-state index contributed by atoms with van der Waals surface area (Å²) in [6.45, 7) is 3.60. The molecule has 1 aliphatic carbocycles. The average molecular weight is 324 g/mol. The fraction of sp³-hybridized carbons (Fsp3) is 0.500. The topological polar surface area (TPSA) is 80.1 Å². The van der Waals surface area contributed by atoms with Gasteiger partial charge in [0, 0.05) is 24.3 Å². The Hall–Kier alpha value is -2.23. The Labute approximate surface area is 140 Å². The molecule has 4 rings (SSSR count). The molecule has 0 radical (unpaired) electrons. The third-order valence-corrected chi connectivity index (χ3v) is 5.06. The molecule has 1 aromatic heterocycles. The van der Waals surface area contributed by atoms with E-state index in [0.29, 0.717) is 30.7 Å². The Bertz CT molecular complexity index is 795. The minimum absolute atomic E-state index is 0.298. The van der Waals surface area contributed by atoms with Gasteiger partial charge in [0.25, 0.3) is 0 Å². The first-order valence-corrected chi connectivity index (χ1v) is 8.38. The van der Waals surface area contributed by atoms with Gasteiger partial charge in [-0.1, -0.05) is 6.92 Å². The van der Waals surface area contributed by atoms with Crippen LogP contribution in [0.25, 0.3) is 10.9 Å². The van der Waals surface area contributed by atoms with Crippen molar-refractivity contribution in [2.45, 2.75) is 38.0 Å². The maximum atomic E-state index is 9.13. The summed E-state index contributed by atoms with van der Waals surface area (Å²) in [6.07, 6.45) is 4.30. The second kappa shape index (κ2) is 6.00. The van der Waals surface area contributed by atoms with Crippen LogP contribution in [0.15, 0.2) is 24.5 Å². The minimum atomic E-state index is -0.376. The number of anilines is 1. The summed E-state index contributed by atoms with van der Waals surface area (Å²) in [5, 5.41) is 13.6. The van der Waals surface area contributed by atoms with E-state index in [-0.39, 0.29) is 5.79 Å². The van der Waals surface area contributed by atoms with Crippen molar-refractivity contribution >= 4 is 16.7 Å². The number of hydrogen-bond donors (Lipinski definition) is 1. The van der Waals surface area contributed by atoms with Crippen LogP contribution in [0.1, 0.15) is 31.7 Å². The molecule has 1 saturated carbocycles. The first kappa shape index (κ1) is 15.3. The van der Waals surface area contributed by atoms with E-state index < -0.39 is 0 Å². The second-order valence-corrected chi connectivity index (χ2v) is 6.64. The van der Waals surface area contributed by atoms with E-state index in [1.54, 1.807) is 12.4 Å². The maximum absolute atomic E-state index is 9.13. The van der Waals surface area contributed by atoms with Crippen molar-refractivity contribution in [2.24, 2.45) is 5.92 Å². The number of rotatable bonds is 2. The summed E-state index contributed by atoms with van der Waals surface area (Å²) in [5.41, 5.74) is 1.46. The molecule has 24 heavy (non-hydrogen) atoms. The van der Waals surface area contributed by atoms with Gasteiger partial charge in [-0.2, -0.15) is 5.26 Å². The molecule has 2 aliphatic rings. The predicted molar refractivity (Wildman–Crippen MR) is 89.3 cm³/mol. The van der Waals surface area contributed by atoms with Crippen LogP contribution in [0.2, 0.25) is 0 Å². The van der Waals surface area contributed by atoms with Gasteiger partial charge in [0.15, 0.2) is 5.79 Å². The number of hydrogen-bond acceptors (Lipinski definition) is 6. The molecule has 1 saturated heterocycles. The van der Waals surface area contributed by atoms with Gasteiger partial charge in [0.05, 0.1) is 30.4 Å². The monoisotopic (exact) mass is 324 g/mol. The Morgan fingerprint density at radius 3 is 2.88 bits per heavy atom. The molecular weight excluding hydrogens is 304 g/mol. The molecule has 2 atom stereocenters. The van der Waals surface area contributed by atoms with Crippen LogP contribution in [-0.2, 0) is 9.47 Å². The summed E-state index contributed by atoms with van der Waals surface area (Å²) in [4.78, 5) is 8.69. The van der Waals surface area contributed by atoms with E-state index in [0.717, 1.165) is 36.0 Å². The molecule has 1 spiro atoms. The highest BCUT2D eigenvalue weighted by molar-refractivity contribution is 5.89. The molecule has 1 aliphatic heterocycles. The van der Waals surface area contributed by atoms with E-state index in [2.05, 4.69) is 28.3 Å². The van der Waals surface area contributed by atoms with Gasteiger partial charge in [0.1, 0.15) is 12.1 Å². The van der Waals surface area contributed by atoms with Crippen LogP contribution >= 0.6 is 0 Å². The minimum Gasteiger partial charge on any atom is -0.366 e. The Morgan fingerprint density at radius 1 is 1.29 bits per heavy atom. The highest BCUT2D eigenvalue weighted by Crippen LogP contribution is 2.39. The molecule has 124 valence electrons. The number of ether oxygens (including phenoxy) is 2. The summed E-state index contributed by atoms with van der Waals surface area (Å²) >= 11 is 0. The molecule has 1 unspecified atom stereocenters. The van der Waals surface area contributed by atoms with E-state index in [1.807, 2.05) is 12.1 Å². The number of benzene rings is 1. The molecule has 2 heterocycles. The van der Waals surface area contributed by atoms with E-state index in [4.69, 9.17) is 14.7 Å². The smallest absolute Gasteiger partial charge is 0.168 e. The lowest BCUT2D eigenvalue weighted by Gasteiger charge is -2.40. The summed E-state index contributed by atoms with van der Waals surface area (Å²) in [6, 6.07) is 7.96. The Kier molecular flexibility index (Phi) is 3.83. The quantitative estimate of drug-likeness (QED) is 0.915. The van der Waals surface area contributed by atoms with E-state index in [1.165, 1.54) is 0 Å². The van der Waals surface area contributed by atoms with Gasteiger partial charge in [-0.15, -0.1) is 0 Å². The lowest BCUT2D eigenvalue weighted by molar-refractivity contribution is -0.186. The largest absolute Gasteiger partial charge is 0.366 e. The average Bonchev–Trinajstić information content (AvgIpc) is 3.05. The van der Waals surface area contributed by atoms with E-state index >= 15 is 0 Å². The number of fused-ring (bicyclic) bond motifs is 1. The number of nitrogens with zero attached hydrogens (tertiary/aromatic N) is 3. The second-order valence-electron chi connectivity index (χ2n) is 6.64. The van der Waals surface area contributed by atoms with Gasteiger partial charge >= 0.3 is 0 Å². The molecule has 2 aromatic rings. The fourth-order valence-electron chi connectivity index (χ4n) is 3.79. The van der Waals surface area contributed by atoms with Crippen LogP contribution in [0.5, 0.6) is 0 Å². The van der Waals surface area contributed by atoms with E-state index in [9.17, 15) is 0 Å². The van der Waals surface area contributed by atoms with Crippen molar-refractivity contribution in [3.8, 4) is 6.07 Å². The molecule has 2 fully saturated rings. The van der Waals surface area contributed by atoms with Gasteiger partial charge in [-0.05, 0) is 30.5 Å². The number of aromatic nitrogens is 2. The van der Waals surface area contributed by atoms with Crippen molar-refractivity contribution in [1.82, 2.24) is 9.97 Å². The first-order valence-electron chi connectivity index (χ1n) is 8.38. The van der Waals surface area contributed by atoms with Crippen molar-refractivity contribution in [3.05, 3.63) is 30.1 Å². The van der Waals surface area contributed by atoms with Crippen LogP contribution < -0.4 is 5.32 Å². The molecular formula is C18H20N4O2. The zero-order chi connectivity index (χ0) is 16.6. The molecule has 0 bridgehead atoms. The predicted octanol–water partition coefficient (Wildman–Crippen LogP) is 2.85. The maximum Gasteiger partial charge on any atom is 0.168 e. The third-order valence-electron chi connectivity index (χ3n) is 5.06. The fourth-order valence-corrected chi connectivity index (χ4v) is 3.79. The highest BCUT2D eigenvalue weighted by Gasteiger charge is 2.43. The van der Waals surface area contributed by atoms with Crippen molar-refractivity contribution in [2.75, 3.05) is 18.5 Å². The Morgan fingerprint density at radius 2 is 2.12 bits per heavy atom. The van der Waals surface area contributed by atoms with Crippen molar-refractivity contribution in [1.29, 1.82) is 5.26 Å². The van der Waals surface area contributed by atoms with Gasteiger partial charge < -0.3 is 14.8 Å². The number of nitrogens with one attached hydrogen (secondary N) is 1. The summed E-state index contributed by atoms with van der Waals surface area (Å²) in [5.74, 6) is 0.818. The third kappa shape index (κ3) is 2.70. The molecule has 1 N–H and O–H groups in total. The summed E-state index contributed by atoms with van der Waals surface area (Å²) < 4.78 is 11.7. The Balaban J connectivity index is 1.57. The zero-order valence-corrected chi connectivity index (χ0v) is 13.7. The van der Waals surface area contributed by atoms with Crippen LogP contribution in [0.3, 0.4) is 0 Å². The molecule has 0 amide bonds. The normalized spacial score (nSPS) is 25.7. The SMILES string of the molecule is CC1CC2(CC[C@@H]1Nc1ncnc3ccc(C#N)cc13)OCCO2.